The van der Waals surface area contributed by atoms with Crippen molar-refractivity contribution >= 4 is 19.9 Å². The van der Waals surface area contributed by atoms with Gasteiger partial charge in [0.05, 0.1) is 11.5 Å². The van der Waals surface area contributed by atoms with Crippen LogP contribution in [0.4, 0.5) is 0 Å². The predicted octanol–water partition coefficient (Wildman–Crippen LogP) is -0.643. The number of sulfone groups is 1. The van der Waals surface area contributed by atoms with E-state index in [0.717, 1.165) is 6.26 Å². The van der Waals surface area contributed by atoms with Crippen LogP contribution in [0.2, 0.25) is 0 Å². The van der Waals surface area contributed by atoms with Gasteiger partial charge in [-0.05, 0) is 12.3 Å². The minimum Gasteiger partial charge on any atom is -0.396 e. The maximum Gasteiger partial charge on any atom is 0.212 e. The fourth-order valence-corrected chi connectivity index (χ4v) is 4.28. The second-order valence-electron chi connectivity index (χ2n) is 4.43. The molecule has 0 radical (unpaired) electrons. The summed E-state index contributed by atoms with van der Waals surface area (Å²) in [5, 5.41) is 8.81. The first kappa shape index (κ1) is 16.8. The Morgan fingerprint density at radius 2 is 1.65 bits per heavy atom. The molecule has 0 aliphatic rings. The first-order valence-corrected chi connectivity index (χ1v) is 9.07. The van der Waals surface area contributed by atoms with E-state index in [4.69, 9.17) is 5.11 Å². The van der Waals surface area contributed by atoms with Crippen molar-refractivity contribution in [1.82, 2.24) is 4.72 Å². The topological polar surface area (TPSA) is 101 Å². The van der Waals surface area contributed by atoms with Crippen molar-refractivity contribution in [2.75, 3.05) is 24.4 Å². The molecule has 0 aromatic heterocycles. The van der Waals surface area contributed by atoms with Crippen molar-refractivity contribution in [3.63, 3.8) is 0 Å². The van der Waals surface area contributed by atoms with Crippen LogP contribution >= 0.6 is 0 Å². The van der Waals surface area contributed by atoms with Crippen LogP contribution in [0.25, 0.3) is 0 Å². The maximum atomic E-state index is 11.6. The minimum atomic E-state index is -3.62. The Balaban J connectivity index is 4.51. The molecule has 0 aliphatic heterocycles. The molecule has 0 aromatic rings. The zero-order valence-electron chi connectivity index (χ0n) is 10.4. The van der Waals surface area contributed by atoms with Crippen LogP contribution in [0.15, 0.2) is 0 Å². The van der Waals surface area contributed by atoms with Gasteiger partial charge < -0.3 is 5.11 Å². The lowest BCUT2D eigenvalue weighted by atomic mass is 10.0. The molecule has 0 rings (SSSR count). The molecule has 104 valence electrons. The fraction of sp³-hybridized carbons (Fsp3) is 1.00. The highest BCUT2D eigenvalue weighted by molar-refractivity contribution is 7.93. The van der Waals surface area contributed by atoms with E-state index in [1.165, 1.54) is 0 Å². The zero-order chi connectivity index (χ0) is 13.7. The molecule has 0 fully saturated rings. The van der Waals surface area contributed by atoms with Gasteiger partial charge in [-0.3, -0.25) is 0 Å². The summed E-state index contributed by atoms with van der Waals surface area (Å²) in [5.41, 5.74) is 0. The van der Waals surface area contributed by atoms with Gasteiger partial charge in [-0.2, -0.15) is 0 Å². The fourth-order valence-electron chi connectivity index (χ4n) is 1.22. The van der Waals surface area contributed by atoms with Gasteiger partial charge in [0.2, 0.25) is 10.0 Å². The van der Waals surface area contributed by atoms with Crippen molar-refractivity contribution in [2.24, 2.45) is 5.92 Å². The smallest absolute Gasteiger partial charge is 0.212 e. The lowest BCUT2D eigenvalue weighted by molar-refractivity contribution is 0.256. The van der Waals surface area contributed by atoms with Crippen LogP contribution in [-0.2, 0) is 19.9 Å². The summed E-state index contributed by atoms with van der Waals surface area (Å²) >= 11 is 0. The number of aliphatic hydroxyl groups is 1. The molecule has 1 unspecified atom stereocenters. The summed E-state index contributed by atoms with van der Waals surface area (Å²) in [6.45, 7) is 3.55. The summed E-state index contributed by atoms with van der Waals surface area (Å²) in [6, 6.07) is -0.371. The molecule has 0 saturated heterocycles. The van der Waals surface area contributed by atoms with Crippen molar-refractivity contribution in [2.45, 2.75) is 26.3 Å². The lowest BCUT2D eigenvalue weighted by Crippen LogP contribution is -2.41. The van der Waals surface area contributed by atoms with Gasteiger partial charge in [0, 0.05) is 18.9 Å². The highest BCUT2D eigenvalue weighted by Crippen LogP contribution is 2.07. The maximum absolute atomic E-state index is 11.6. The third-order valence-corrected chi connectivity index (χ3v) is 4.91. The van der Waals surface area contributed by atoms with E-state index in [-0.39, 0.29) is 18.6 Å². The van der Waals surface area contributed by atoms with Crippen LogP contribution in [0.5, 0.6) is 0 Å². The standard InChI is InChI=1S/C9H21NO5S2/c1-8(2)9(4-5-11)10-17(14,15)7-6-16(3,12)13/h8-11H,4-7H2,1-3H3. The van der Waals surface area contributed by atoms with Gasteiger partial charge in [-0.25, -0.2) is 21.6 Å². The Kier molecular flexibility index (Phi) is 6.60. The molecule has 1 atom stereocenters. The van der Waals surface area contributed by atoms with Gasteiger partial charge in [0.25, 0.3) is 0 Å². The Morgan fingerprint density at radius 1 is 1.12 bits per heavy atom. The Bertz CT molecular complexity index is 413. The molecular formula is C9H21NO5S2. The number of nitrogens with one attached hydrogen (secondary N) is 1. The molecule has 2 N–H and O–H groups in total. The van der Waals surface area contributed by atoms with E-state index in [2.05, 4.69) is 4.72 Å². The van der Waals surface area contributed by atoms with Crippen molar-refractivity contribution in [3.05, 3.63) is 0 Å². The Morgan fingerprint density at radius 3 is 2.00 bits per heavy atom. The molecular weight excluding hydrogens is 266 g/mol. The zero-order valence-corrected chi connectivity index (χ0v) is 12.0. The normalized spacial score (nSPS) is 15.1. The number of hydrogen-bond donors (Lipinski definition) is 2. The average Bonchev–Trinajstić information content (AvgIpc) is 2.13. The quantitative estimate of drug-likeness (QED) is 0.618. The number of rotatable bonds is 8. The molecule has 0 amide bonds. The van der Waals surface area contributed by atoms with E-state index >= 15 is 0 Å². The first-order valence-electron chi connectivity index (χ1n) is 5.36. The Labute approximate surface area is 103 Å². The third-order valence-electron chi connectivity index (χ3n) is 2.30. The molecule has 6 nitrogen and oxygen atoms in total. The van der Waals surface area contributed by atoms with E-state index in [0.29, 0.717) is 6.42 Å². The van der Waals surface area contributed by atoms with Gasteiger partial charge >= 0.3 is 0 Å². The van der Waals surface area contributed by atoms with Crippen LogP contribution in [0.3, 0.4) is 0 Å². The molecule has 0 spiro atoms. The first-order chi connectivity index (χ1) is 7.57. The highest BCUT2D eigenvalue weighted by atomic mass is 32.2. The number of hydrogen-bond acceptors (Lipinski definition) is 5. The van der Waals surface area contributed by atoms with Gasteiger partial charge in [0.15, 0.2) is 0 Å². The lowest BCUT2D eigenvalue weighted by Gasteiger charge is -2.21. The third kappa shape index (κ3) is 8.53. The number of aliphatic hydroxyl groups excluding tert-OH is 1. The van der Waals surface area contributed by atoms with E-state index in [1.54, 1.807) is 0 Å². The molecule has 0 aliphatic carbocycles. The van der Waals surface area contributed by atoms with Gasteiger partial charge in [-0.15, -0.1) is 0 Å². The van der Waals surface area contributed by atoms with E-state index in [1.807, 2.05) is 13.8 Å². The molecule has 0 bridgehead atoms. The number of sulfonamides is 1. The van der Waals surface area contributed by atoms with Crippen LogP contribution < -0.4 is 4.72 Å². The van der Waals surface area contributed by atoms with Gasteiger partial charge in [-0.1, -0.05) is 13.8 Å². The average molecular weight is 287 g/mol. The van der Waals surface area contributed by atoms with Crippen LogP contribution in [0, 0.1) is 5.92 Å². The summed E-state index contributed by atoms with van der Waals surface area (Å²) in [5.74, 6) is -0.803. The van der Waals surface area contributed by atoms with E-state index < -0.39 is 31.4 Å². The Hall–Kier alpha value is -0.180. The summed E-state index contributed by atoms with van der Waals surface area (Å²) in [6.07, 6.45) is 1.31. The molecule has 0 saturated carbocycles. The predicted molar refractivity (Wildman–Crippen MR) is 67.0 cm³/mol. The van der Waals surface area contributed by atoms with Crippen molar-refractivity contribution < 1.29 is 21.9 Å². The van der Waals surface area contributed by atoms with Crippen molar-refractivity contribution in [3.8, 4) is 0 Å². The van der Waals surface area contributed by atoms with Crippen LogP contribution in [-0.4, -0.2) is 52.4 Å². The summed E-state index contributed by atoms with van der Waals surface area (Å²) in [7, 11) is -6.92. The second-order valence-corrected chi connectivity index (χ2v) is 8.56. The summed E-state index contributed by atoms with van der Waals surface area (Å²) < 4.78 is 47.4. The van der Waals surface area contributed by atoms with E-state index in [9.17, 15) is 16.8 Å². The molecule has 0 heterocycles. The largest absolute Gasteiger partial charge is 0.396 e. The van der Waals surface area contributed by atoms with Crippen LogP contribution in [0.1, 0.15) is 20.3 Å². The molecule has 8 heteroatoms. The monoisotopic (exact) mass is 287 g/mol. The molecule has 0 aromatic carbocycles. The van der Waals surface area contributed by atoms with Crippen molar-refractivity contribution in [1.29, 1.82) is 0 Å². The SMILES string of the molecule is CC(C)C(CCO)NS(=O)(=O)CCS(C)(=O)=O. The highest BCUT2D eigenvalue weighted by Gasteiger charge is 2.21. The minimum absolute atomic E-state index is 0.0372. The second kappa shape index (κ2) is 6.67. The van der Waals surface area contributed by atoms with Gasteiger partial charge in [0.1, 0.15) is 9.84 Å². The molecule has 17 heavy (non-hydrogen) atoms. The summed E-state index contributed by atoms with van der Waals surface area (Å²) in [4.78, 5) is 0.